The van der Waals surface area contributed by atoms with Crippen molar-refractivity contribution in [1.29, 1.82) is 0 Å². The largest absolute Gasteiger partial charge is 0.494 e. The van der Waals surface area contributed by atoms with E-state index in [1.54, 1.807) is 45.0 Å². The summed E-state index contributed by atoms with van der Waals surface area (Å²) in [7, 11) is 0. The van der Waals surface area contributed by atoms with Gasteiger partial charge in [-0.1, -0.05) is 30.3 Å². The first-order valence-corrected chi connectivity index (χ1v) is 10.1. The number of nitrogens with one attached hydrogen (secondary N) is 3. The van der Waals surface area contributed by atoms with Crippen LogP contribution in [0.4, 0.5) is 16.2 Å². The Labute approximate surface area is 182 Å². The van der Waals surface area contributed by atoms with Gasteiger partial charge in [-0.05, 0) is 51.5 Å². The van der Waals surface area contributed by atoms with Crippen LogP contribution in [0.1, 0.15) is 33.6 Å². The first kappa shape index (κ1) is 23.7. The molecule has 0 spiro atoms. The van der Waals surface area contributed by atoms with Gasteiger partial charge in [-0.2, -0.15) is 0 Å². The fraction of sp³-hybridized carbons (Fsp3) is 0.348. The molecule has 3 N–H and O–H groups in total. The maximum Gasteiger partial charge on any atom is 0.408 e. The fourth-order valence-electron chi connectivity index (χ4n) is 2.51. The van der Waals surface area contributed by atoms with Crippen LogP contribution in [0.25, 0.3) is 0 Å². The molecule has 0 aromatic heterocycles. The molecule has 0 bridgehead atoms. The first-order chi connectivity index (χ1) is 14.7. The monoisotopic (exact) mass is 427 g/mol. The smallest absolute Gasteiger partial charge is 0.408 e. The highest BCUT2D eigenvalue weighted by Gasteiger charge is 2.17. The van der Waals surface area contributed by atoms with E-state index >= 15 is 0 Å². The van der Waals surface area contributed by atoms with Crippen LogP contribution in [0, 0.1) is 0 Å². The number of hydrogen-bond donors (Lipinski definition) is 3. The Morgan fingerprint density at radius 3 is 2.03 bits per heavy atom. The van der Waals surface area contributed by atoms with E-state index in [4.69, 9.17) is 9.47 Å². The summed E-state index contributed by atoms with van der Waals surface area (Å²) < 4.78 is 10.7. The summed E-state index contributed by atoms with van der Waals surface area (Å²) in [6.45, 7) is 5.37. The molecule has 0 aliphatic carbocycles. The van der Waals surface area contributed by atoms with Crippen molar-refractivity contribution in [3.05, 3.63) is 54.6 Å². The molecule has 166 valence electrons. The third-order valence-corrected chi connectivity index (χ3v) is 3.83. The summed E-state index contributed by atoms with van der Waals surface area (Å²) in [5.74, 6) is 0.130. The molecule has 31 heavy (non-hydrogen) atoms. The number of amides is 3. The van der Waals surface area contributed by atoms with E-state index in [9.17, 15) is 14.4 Å². The highest BCUT2D eigenvalue weighted by molar-refractivity contribution is 6.00. The Morgan fingerprint density at radius 1 is 0.839 bits per heavy atom. The third-order valence-electron chi connectivity index (χ3n) is 3.83. The molecule has 8 heteroatoms. The molecule has 3 amide bonds. The van der Waals surface area contributed by atoms with Gasteiger partial charge in [-0.15, -0.1) is 0 Å². The summed E-state index contributed by atoms with van der Waals surface area (Å²) in [5.41, 5.74) is 0.262. The van der Waals surface area contributed by atoms with Gasteiger partial charge in [0.1, 0.15) is 17.9 Å². The maximum atomic E-state index is 12.3. The second-order valence-corrected chi connectivity index (χ2v) is 7.76. The number of carbonyl (C=O) groups is 3. The van der Waals surface area contributed by atoms with Crippen molar-refractivity contribution >= 4 is 29.3 Å². The number of alkyl carbamates (subject to hydrolysis) is 1. The quantitative estimate of drug-likeness (QED) is 0.526. The van der Waals surface area contributed by atoms with Crippen molar-refractivity contribution in [2.75, 3.05) is 23.8 Å². The standard InChI is InChI=1S/C23H29N3O5/c1-23(2,3)31-22(29)24-16-21(28)26-19-13-8-7-12-18(19)25-20(27)14-9-15-30-17-10-5-4-6-11-17/h4-8,10-13H,9,14-16H2,1-3H3,(H,24,29)(H,25,27)(H,26,28). The number of hydrogen-bond acceptors (Lipinski definition) is 5. The number of para-hydroxylation sites is 3. The predicted molar refractivity (Wildman–Crippen MR) is 119 cm³/mol. The van der Waals surface area contributed by atoms with Gasteiger partial charge >= 0.3 is 6.09 Å². The highest BCUT2D eigenvalue weighted by Crippen LogP contribution is 2.21. The summed E-state index contributed by atoms with van der Waals surface area (Å²) in [5, 5.41) is 7.86. The molecule has 0 aliphatic rings. The lowest BCUT2D eigenvalue weighted by Crippen LogP contribution is -2.37. The number of benzene rings is 2. The maximum absolute atomic E-state index is 12.3. The van der Waals surface area contributed by atoms with Crippen LogP contribution in [0.3, 0.4) is 0 Å². The van der Waals surface area contributed by atoms with E-state index < -0.39 is 17.6 Å². The molecule has 2 aromatic carbocycles. The minimum absolute atomic E-state index is 0.190. The molecule has 0 radical (unpaired) electrons. The van der Waals surface area contributed by atoms with Gasteiger partial charge in [0.25, 0.3) is 0 Å². The van der Waals surface area contributed by atoms with Crippen LogP contribution in [0.5, 0.6) is 5.75 Å². The minimum Gasteiger partial charge on any atom is -0.494 e. The minimum atomic E-state index is -0.679. The highest BCUT2D eigenvalue weighted by atomic mass is 16.6. The van der Waals surface area contributed by atoms with Crippen molar-refractivity contribution in [3.8, 4) is 5.75 Å². The average molecular weight is 428 g/mol. The molecule has 0 atom stereocenters. The molecule has 8 nitrogen and oxygen atoms in total. The molecule has 0 heterocycles. The van der Waals surface area contributed by atoms with Crippen LogP contribution in [-0.2, 0) is 14.3 Å². The zero-order valence-electron chi connectivity index (χ0n) is 18.1. The number of rotatable bonds is 9. The molecule has 0 saturated carbocycles. The molecule has 0 aliphatic heterocycles. The summed E-state index contributed by atoms with van der Waals surface area (Å²) >= 11 is 0. The van der Waals surface area contributed by atoms with Gasteiger partial charge in [0.05, 0.1) is 18.0 Å². The third kappa shape index (κ3) is 9.66. The van der Waals surface area contributed by atoms with Gasteiger partial charge in [0.15, 0.2) is 0 Å². The van der Waals surface area contributed by atoms with Gasteiger partial charge in [-0.3, -0.25) is 9.59 Å². The molecule has 2 aromatic rings. The van der Waals surface area contributed by atoms with Crippen LogP contribution >= 0.6 is 0 Å². The molecular formula is C23H29N3O5. The van der Waals surface area contributed by atoms with Gasteiger partial charge in [-0.25, -0.2) is 4.79 Å². The molecule has 0 saturated heterocycles. The van der Waals surface area contributed by atoms with E-state index in [0.29, 0.717) is 24.4 Å². The molecule has 2 rings (SSSR count). The van der Waals surface area contributed by atoms with Crippen LogP contribution in [-0.4, -0.2) is 36.7 Å². The number of carbonyl (C=O) groups excluding carboxylic acids is 3. The lowest BCUT2D eigenvalue weighted by molar-refractivity contribution is -0.117. The zero-order valence-corrected chi connectivity index (χ0v) is 18.1. The fourth-order valence-corrected chi connectivity index (χ4v) is 2.51. The van der Waals surface area contributed by atoms with E-state index in [0.717, 1.165) is 5.75 Å². The van der Waals surface area contributed by atoms with Crippen LogP contribution in [0.15, 0.2) is 54.6 Å². The van der Waals surface area contributed by atoms with E-state index in [1.165, 1.54) is 0 Å². The van der Waals surface area contributed by atoms with E-state index in [1.807, 2.05) is 30.3 Å². The Morgan fingerprint density at radius 2 is 1.42 bits per heavy atom. The second-order valence-electron chi connectivity index (χ2n) is 7.76. The lowest BCUT2D eigenvalue weighted by Gasteiger charge is -2.19. The molecule has 0 unspecified atom stereocenters. The Hall–Kier alpha value is -3.55. The second kappa shape index (κ2) is 11.6. The van der Waals surface area contributed by atoms with Crippen molar-refractivity contribution in [2.45, 2.75) is 39.2 Å². The van der Waals surface area contributed by atoms with Crippen LogP contribution < -0.4 is 20.7 Å². The van der Waals surface area contributed by atoms with Crippen molar-refractivity contribution < 1.29 is 23.9 Å². The Kier molecular flexibility index (Phi) is 8.87. The van der Waals surface area contributed by atoms with E-state index in [2.05, 4.69) is 16.0 Å². The van der Waals surface area contributed by atoms with Gasteiger partial charge in [0.2, 0.25) is 11.8 Å². The van der Waals surface area contributed by atoms with Crippen LogP contribution in [0.2, 0.25) is 0 Å². The SMILES string of the molecule is CC(C)(C)OC(=O)NCC(=O)Nc1ccccc1NC(=O)CCCOc1ccccc1. The summed E-state index contributed by atoms with van der Waals surface area (Å²) in [6, 6.07) is 16.2. The Balaban J connectivity index is 1.78. The zero-order chi connectivity index (χ0) is 22.7. The average Bonchev–Trinajstić information content (AvgIpc) is 2.71. The van der Waals surface area contributed by atoms with Crippen molar-refractivity contribution in [2.24, 2.45) is 0 Å². The number of anilines is 2. The summed E-state index contributed by atoms with van der Waals surface area (Å²) in [6.07, 6.45) is 0.145. The van der Waals surface area contributed by atoms with Gasteiger partial charge in [0, 0.05) is 6.42 Å². The molecular weight excluding hydrogens is 398 g/mol. The lowest BCUT2D eigenvalue weighted by atomic mass is 10.2. The first-order valence-electron chi connectivity index (χ1n) is 10.1. The van der Waals surface area contributed by atoms with Crippen molar-refractivity contribution in [3.63, 3.8) is 0 Å². The van der Waals surface area contributed by atoms with E-state index in [-0.39, 0.29) is 18.9 Å². The molecule has 0 fully saturated rings. The number of ether oxygens (including phenoxy) is 2. The van der Waals surface area contributed by atoms with Crippen molar-refractivity contribution in [1.82, 2.24) is 5.32 Å². The van der Waals surface area contributed by atoms with Gasteiger partial charge < -0.3 is 25.4 Å². The topological polar surface area (TPSA) is 106 Å². The predicted octanol–water partition coefficient (Wildman–Crippen LogP) is 3.95. The summed E-state index contributed by atoms with van der Waals surface area (Å²) in [4.78, 5) is 36.1. The normalized spacial score (nSPS) is 10.7. The Bertz CT molecular complexity index is 878.